The fourth-order valence-corrected chi connectivity index (χ4v) is 2.60. The number of nitrogens with one attached hydrogen (secondary N) is 3. The summed E-state index contributed by atoms with van der Waals surface area (Å²) in [6.07, 6.45) is 4.90. The molecule has 0 unspecified atom stereocenters. The van der Waals surface area contributed by atoms with Gasteiger partial charge in [0, 0.05) is 29.7 Å². The number of carbonyl (C=O) groups excluding carboxylic acids is 1. The van der Waals surface area contributed by atoms with Crippen LogP contribution in [-0.2, 0) is 4.79 Å². The van der Waals surface area contributed by atoms with Gasteiger partial charge in [-0.3, -0.25) is 4.79 Å². The molecule has 140 valence electrons. The Morgan fingerprint density at radius 3 is 2.85 bits per heavy atom. The summed E-state index contributed by atoms with van der Waals surface area (Å²) in [6.45, 7) is 2.04. The summed E-state index contributed by atoms with van der Waals surface area (Å²) in [6, 6.07) is 9.12. The van der Waals surface area contributed by atoms with Gasteiger partial charge in [0.15, 0.2) is 0 Å². The Kier molecular flexibility index (Phi) is 8.17. The molecule has 0 aliphatic carbocycles. The van der Waals surface area contributed by atoms with Crippen LogP contribution in [0.3, 0.4) is 0 Å². The van der Waals surface area contributed by atoms with Crippen molar-refractivity contribution in [2.24, 2.45) is 0 Å². The number of anilines is 4. The third kappa shape index (κ3) is 6.53. The largest absolute Gasteiger partial charge is 0.394 e. The van der Waals surface area contributed by atoms with Crippen molar-refractivity contribution in [3.8, 4) is 0 Å². The summed E-state index contributed by atoms with van der Waals surface area (Å²) < 4.78 is 0. The number of aliphatic hydroxyl groups excluding tert-OH is 1. The van der Waals surface area contributed by atoms with Crippen molar-refractivity contribution in [2.75, 3.05) is 34.6 Å². The van der Waals surface area contributed by atoms with E-state index in [-0.39, 0.29) is 18.6 Å². The number of aromatic nitrogens is 2. The highest BCUT2D eigenvalue weighted by Crippen LogP contribution is 2.19. The van der Waals surface area contributed by atoms with Gasteiger partial charge in [-0.1, -0.05) is 13.0 Å². The number of carbonyl (C=O) groups is 1. The van der Waals surface area contributed by atoms with Crippen LogP contribution in [0.2, 0.25) is 0 Å². The minimum atomic E-state index is -0.0439. The highest BCUT2D eigenvalue weighted by Gasteiger charge is 2.07. The minimum absolute atomic E-state index is 0.00596. The fourth-order valence-electron chi connectivity index (χ4n) is 2.21. The Morgan fingerprint density at radius 1 is 1.31 bits per heavy atom. The van der Waals surface area contributed by atoms with Gasteiger partial charge in [0.05, 0.1) is 12.6 Å². The van der Waals surface area contributed by atoms with Crippen LogP contribution in [0.15, 0.2) is 36.5 Å². The van der Waals surface area contributed by atoms with Crippen LogP contribution in [0.1, 0.15) is 19.8 Å². The van der Waals surface area contributed by atoms with Crippen molar-refractivity contribution >= 4 is 40.8 Å². The maximum atomic E-state index is 11.8. The van der Waals surface area contributed by atoms with Crippen molar-refractivity contribution in [2.45, 2.75) is 25.8 Å². The molecule has 2 rings (SSSR count). The summed E-state index contributed by atoms with van der Waals surface area (Å²) in [7, 11) is 0. The molecule has 1 aromatic carbocycles. The number of thioether (sulfide) groups is 1. The maximum Gasteiger partial charge on any atom is 0.229 e. The van der Waals surface area contributed by atoms with E-state index in [0.29, 0.717) is 18.2 Å². The van der Waals surface area contributed by atoms with Gasteiger partial charge in [0.2, 0.25) is 11.9 Å². The van der Waals surface area contributed by atoms with Crippen LogP contribution in [0.5, 0.6) is 0 Å². The second-order valence-electron chi connectivity index (χ2n) is 5.69. The molecule has 4 N–H and O–H groups in total. The molecule has 0 spiro atoms. The van der Waals surface area contributed by atoms with E-state index in [2.05, 4.69) is 25.9 Å². The molecule has 8 heteroatoms. The monoisotopic (exact) mass is 375 g/mol. The predicted octanol–water partition coefficient (Wildman–Crippen LogP) is 3.09. The van der Waals surface area contributed by atoms with E-state index in [4.69, 9.17) is 0 Å². The molecule has 0 bridgehead atoms. The number of nitrogens with zero attached hydrogens (tertiary/aromatic N) is 2. The van der Waals surface area contributed by atoms with Crippen molar-refractivity contribution < 1.29 is 9.90 Å². The first-order valence-electron chi connectivity index (χ1n) is 8.51. The van der Waals surface area contributed by atoms with Gasteiger partial charge in [-0.15, -0.1) is 0 Å². The van der Waals surface area contributed by atoms with Gasteiger partial charge < -0.3 is 21.1 Å². The van der Waals surface area contributed by atoms with E-state index in [1.165, 1.54) is 0 Å². The van der Waals surface area contributed by atoms with E-state index in [1.54, 1.807) is 24.0 Å². The van der Waals surface area contributed by atoms with Gasteiger partial charge in [-0.2, -0.15) is 16.7 Å². The molecule has 1 aromatic heterocycles. The number of hydrogen-bond donors (Lipinski definition) is 4. The van der Waals surface area contributed by atoms with Crippen LogP contribution in [0, 0.1) is 0 Å². The van der Waals surface area contributed by atoms with Gasteiger partial charge >= 0.3 is 0 Å². The van der Waals surface area contributed by atoms with E-state index < -0.39 is 0 Å². The zero-order valence-corrected chi connectivity index (χ0v) is 15.8. The van der Waals surface area contributed by atoms with Crippen LogP contribution < -0.4 is 16.0 Å². The van der Waals surface area contributed by atoms with Crippen molar-refractivity contribution in [1.29, 1.82) is 0 Å². The van der Waals surface area contributed by atoms with Gasteiger partial charge in [0.1, 0.15) is 5.82 Å². The van der Waals surface area contributed by atoms with Crippen LogP contribution in [0.4, 0.5) is 23.1 Å². The zero-order chi connectivity index (χ0) is 18.8. The number of amides is 1. The highest BCUT2D eigenvalue weighted by molar-refractivity contribution is 7.98. The van der Waals surface area contributed by atoms with E-state index in [9.17, 15) is 9.90 Å². The highest BCUT2D eigenvalue weighted by atomic mass is 32.2. The third-order valence-electron chi connectivity index (χ3n) is 3.66. The first-order valence-corrected chi connectivity index (χ1v) is 9.90. The fraction of sp³-hybridized carbons (Fsp3) is 0.389. The lowest BCUT2D eigenvalue weighted by atomic mass is 10.2. The smallest absolute Gasteiger partial charge is 0.229 e. The average Bonchev–Trinajstić information content (AvgIpc) is 2.65. The molecule has 0 saturated heterocycles. The summed E-state index contributed by atoms with van der Waals surface area (Å²) in [5.74, 6) is 1.87. The Labute approximate surface area is 158 Å². The lowest BCUT2D eigenvalue weighted by molar-refractivity contribution is -0.115. The number of hydrogen-bond acceptors (Lipinski definition) is 7. The molecular formula is C18H25N5O2S. The molecule has 0 aliphatic heterocycles. The van der Waals surface area contributed by atoms with Crippen molar-refractivity contribution in [3.05, 3.63) is 36.5 Å². The SMILES string of the molecule is CC[C@@H](CO)Nc1ccnc(Nc2cccc(NC(=O)CCSC)c2)n1. The normalized spacial score (nSPS) is 11.7. The summed E-state index contributed by atoms with van der Waals surface area (Å²) in [5, 5.41) is 18.5. The van der Waals surface area contributed by atoms with E-state index in [1.807, 2.05) is 37.4 Å². The average molecular weight is 375 g/mol. The summed E-state index contributed by atoms with van der Waals surface area (Å²) >= 11 is 1.64. The summed E-state index contributed by atoms with van der Waals surface area (Å²) in [5.41, 5.74) is 1.50. The van der Waals surface area contributed by atoms with Gasteiger partial charge in [-0.05, 0) is 36.9 Å². The van der Waals surface area contributed by atoms with Gasteiger partial charge in [-0.25, -0.2) is 4.98 Å². The molecule has 0 saturated carbocycles. The second-order valence-corrected chi connectivity index (χ2v) is 6.68. The third-order valence-corrected chi connectivity index (χ3v) is 4.27. The van der Waals surface area contributed by atoms with Crippen LogP contribution in [0.25, 0.3) is 0 Å². The molecule has 0 fully saturated rings. The minimum Gasteiger partial charge on any atom is -0.394 e. The standard InChI is InChI=1S/C18H25N5O2S/c1-3-13(12-24)20-16-7-9-19-18(23-16)22-15-6-4-5-14(11-15)21-17(25)8-10-26-2/h4-7,9,11,13,24H,3,8,10,12H2,1-2H3,(H,21,25)(H2,19,20,22,23)/t13-/m0/s1. The topological polar surface area (TPSA) is 99.2 Å². The van der Waals surface area contributed by atoms with Crippen molar-refractivity contribution in [3.63, 3.8) is 0 Å². The molecule has 7 nitrogen and oxygen atoms in total. The van der Waals surface area contributed by atoms with Crippen LogP contribution >= 0.6 is 11.8 Å². The molecule has 1 heterocycles. The molecule has 2 aromatic rings. The maximum absolute atomic E-state index is 11.8. The Morgan fingerprint density at radius 2 is 2.12 bits per heavy atom. The molecule has 0 radical (unpaired) electrons. The molecule has 1 atom stereocenters. The zero-order valence-electron chi connectivity index (χ0n) is 15.0. The first kappa shape index (κ1) is 20.0. The molecule has 1 amide bonds. The van der Waals surface area contributed by atoms with Gasteiger partial charge in [0.25, 0.3) is 0 Å². The quantitative estimate of drug-likeness (QED) is 0.506. The number of benzene rings is 1. The Bertz CT molecular complexity index is 709. The lowest BCUT2D eigenvalue weighted by Gasteiger charge is -2.15. The number of aliphatic hydroxyl groups is 1. The molecule has 26 heavy (non-hydrogen) atoms. The lowest BCUT2D eigenvalue weighted by Crippen LogP contribution is -2.23. The Hall–Kier alpha value is -2.32. The Balaban J connectivity index is 2.02. The predicted molar refractivity (Wildman–Crippen MR) is 108 cm³/mol. The second kappa shape index (κ2) is 10.6. The first-order chi connectivity index (χ1) is 12.6. The van der Waals surface area contributed by atoms with Crippen LogP contribution in [-0.4, -0.2) is 45.6 Å². The van der Waals surface area contributed by atoms with E-state index in [0.717, 1.165) is 23.5 Å². The molecule has 0 aliphatic rings. The number of rotatable bonds is 10. The molecular weight excluding hydrogens is 350 g/mol. The van der Waals surface area contributed by atoms with Crippen molar-refractivity contribution in [1.82, 2.24) is 9.97 Å². The summed E-state index contributed by atoms with van der Waals surface area (Å²) in [4.78, 5) is 20.5. The van der Waals surface area contributed by atoms with E-state index >= 15 is 0 Å².